The normalized spacial score (nSPS) is 16.3. The topological polar surface area (TPSA) is 61.4 Å². The highest BCUT2D eigenvalue weighted by molar-refractivity contribution is 5.74. The number of rotatable bonds is 5. The van der Waals surface area contributed by atoms with Gasteiger partial charge in [-0.05, 0) is 18.4 Å². The Labute approximate surface area is 113 Å². The highest BCUT2D eigenvalue weighted by Gasteiger charge is 2.13. The number of hydrogen-bond acceptors (Lipinski definition) is 2. The minimum absolute atomic E-state index is 0.200. The van der Waals surface area contributed by atoms with E-state index in [1.807, 2.05) is 30.3 Å². The molecule has 0 heterocycles. The van der Waals surface area contributed by atoms with Crippen molar-refractivity contribution < 1.29 is 9.90 Å². The third kappa shape index (κ3) is 4.75. The Morgan fingerprint density at radius 1 is 1.26 bits per heavy atom. The van der Waals surface area contributed by atoms with Crippen molar-refractivity contribution in [2.45, 2.75) is 31.4 Å². The fourth-order valence-corrected chi connectivity index (χ4v) is 2.14. The van der Waals surface area contributed by atoms with Crippen LogP contribution in [0.15, 0.2) is 42.5 Å². The first-order valence-corrected chi connectivity index (χ1v) is 6.65. The molecule has 3 N–H and O–H groups in total. The standard InChI is InChI=1S/C15H20N2O2/c18-14(10-12-6-2-1-3-7-12)11-16-15(19)17-13-8-4-5-9-13/h1-7,13-14,18H,8-11H2,(H2,16,17,19). The zero-order valence-electron chi connectivity index (χ0n) is 10.9. The molecule has 1 unspecified atom stereocenters. The summed E-state index contributed by atoms with van der Waals surface area (Å²) in [5, 5.41) is 15.4. The molecule has 1 aliphatic carbocycles. The smallest absolute Gasteiger partial charge is 0.315 e. The molecule has 2 amide bonds. The summed E-state index contributed by atoms with van der Waals surface area (Å²) >= 11 is 0. The van der Waals surface area contributed by atoms with Gasteiger partial charge in [0, 0.05) is 19.0 Å². The van der Waals surface area contributed by atoms with Crippen molar-refractivity contribution >= 4 is 6.03 Å². The predicted molar refractivity (Wildman–Crippen MR) is 74.8 cm³/mol. The van der Waals surface area contributed by atoms with Crippen LogP contribution in [0.5, 0.6) is 0 Å². The van der Waals surface area contributed by atoms with E-state index in [1.54, 1.807) is 0 Å². The summed E-state index contributed by atoms with van der Waals surface area (Å²) in [6, 6.07) is 9.75. The number of aliphatic hydroxyl groups excluding tert-OH is 1. The first-order chi connectivity index (χ1) is 9.24. The molecule has 0 aliphatic heterocycles. The molecule has 0 saturated heterocycles. The summed E-state index contributed by atoms with van der Waals surface area (Å²) in [5.41, 5.74) is 1.07. The van der Waals surface area contributed by atoms with Crippen molar-refractivity contribution in [3.8, 4) is 0 Å². The van der Waals surface area contributed by atoms with Crippen molar-refractivity contribution in [1.82, 2.24) is 10.6 Å². The molecule has 4 nitrogen and oxygen atoms in total. The average molecular weight is 260 g/mol. The van der Waals surface area contributed by atoms with E-state index in [-0.39, 0.29) is 18.6 Å². The molecule has 1 aliphatic rings. The maximum atomic E-state index is 11.6. The van der Waals surface area contributed by atoms with Crippen molar-refractivity contribution in [3.63, 3.8) is 0 Å². The van der Waals surface area contributed by atoms with E-state index in [2.05, 4.69) is 22.8 Å². The van der Waals surface area contributed by atoms with Crippen molar-refractivity contribution in [2.24, 2.45) is 0 Å². The van der Waals surface area contributed by atoms with Crippen LogP contribution in [0.25, 0.3) is 0 Å². The minimum Gasteiger partial charge on any atom is -0.391 e. The van der Waals surface area contributed by atoms with Gasteiger partial charge in [-0.2, -0.15) is 0 Å². The number of amides is 2. The lowest BCUT2D eigenvalue weighted by molar-refractivity contribution is 0.170. The van der Waals surface area contributed by atoms with Crippen molar-refractivity contribution in [3.05, 3.63) is 48.0 Å². The van der Waals surface area contributed by atoms with Gasteiger partial charge in [0.25, 0.3) is 0 Å². The van der Waals surface area contributed by atoms with Crippen molar-refractivity contribution in [2.75, 3.05) is 6.54 Å². The van der Waals surface area contributed by atoms with Crippen molar-refractivity contribution in [1.29, 1.82) is 0 Å². The van der Waals surface area contributed by atoms with E-state index >= 15 is 0 Å². The van der Waals surface area contributed by atoms with Gasteiger partial charge >= 0.3 is 6.03 Å². The Morgan fingerprint density at radius 3 is 2.63 bits per heavy atom. The monoisotopic (exact) mass is 260 g/mol. The van der Waals surface area contributed by atoms with Gasteiger partial charge in [0.15, 0.2) is 0 Å². The van der Waals surface area contributed by atoms with Crippen LogP contribution >= 0.6 is 0 Å². The van der Waals surface area contributed by atoms with Gasteiger partial charge < -0.3 is 15.7 Å². The molecule has 1 atom stereocenters. The Kier molecular flexibility index (Phi) is 4.98. The molecular formula is C15H20N2O2. The summed E-state index contributed by atoms with van der Waals surface area (Å²) in [6.45, 7) is 0.265. The second-order valence-electron chi connectivity index (χ2n) is 4.84. The second kappa shape index (κ2) is 6.95. The lowest BCUT2D eigenvalue weighted by Gasteiger charge is -2.15. The van der Waals surface area contributed by atoms with Crippen LogP contribution in [0.3, 0.4) is 0 Å². The van der Waals surface area contributed by atoms with Gasteiger partial charge in [0.05, 0.1) is 6.10 Å². The molecule has 102 valence electrons. The summed E-state index contributed by atoms with van der Waals surface area (Å²) in [5.74, 6) is 0. The fourth-order valence-electron chi connectivity index (χ4n) is 2.14. The van der Waals surface area contributed by atoms with Gasteiger partial charge in [-0.1, -0.05) is 42.5 Å². The second-order valence-corrected chi connectivity index (χ2v) is 4.84. The number of carbonyl (C=O) groups is 1. The van der Waals surface area contributed by atoms with Gasteiger partial charge in [0.2, 0.25) is 0 Å². The highest BCUT2D eigenvalue weighted by Crippen LogP contribution is 2.08. The zero-order valence-corrected chi connectivity index (χ0v) is 10.9. The molecular weight excluding hydrogens is 240 g/mol. The maximum Gasteiger partial charge on any atom is 0.315 e. The molecule has 1 aromatic rings. The van der Waals surface area contributed by atoms with Crippen LogP contribution in [0.2, 0.25) is 0 Å². The first-order valence-electron chi connectivity index (χ1n) is 6.65. The fraction of sp³-hybridized carbons (Fsp3) is 0.400. The van der Waals surface area contributed by atoms with E-state index in [0.717, 1.165) is 18.4 Å². The molecule has 0 spiro atoms. The number of benzene rings is 1. The Morgan fingerprint density at radius 2 is 1.95 bits per heavy atom. The van der Waals surface area contributed by atoms with Gasteiger partial charge in [-0.3, -0.25) is 0 Å². The molecule has 0 aromatic heterocycles. The van der Waals surface area contributed by atoms with Crippen LogP contribution in [0.1, 0.15) is 18.4 Å². The molecule has 0 bridgehead atoms. The summed E-state index contributed by atoms with van der Waals surface area (Å²) in [4.78, 5) is 11.6. The van der Waals surface area contributed by atoms with Crippen LogP contribution in [0, 0.1) is 0 Å². The van der Waals surface area contributed by atoms with E-state index in [0.29, 0.717) is 6.42 Å². The number of hydrogen-bond donors (Lipinski definition) is 3. The number of urea groups is 1. The Hall–Kier alpha value is -1.81. The molecule has 0 fully saturated rings. The number of carbonyl (C=O) groups excluding carboxylic acids is 1. The van der Waals surface area contributed by atoms with Gasteiger partial charge in [-0.15, -0.1) is 0 Å². The Bertz CT molecular complexity index is 423. The van der Waals surface area contributed by atoms with E-state index in [9.17, 15) is 9.90 Å². The van der Waals surface area contributed by atoms with Crippen LogP contribution < -0.4 is 10.6 Å². The lowest BCUT2D eigenvalue weighted by Crippen LogP contribution is -2.44. The largest absolute Gasteiger partial charge is 0.391 e. The van der Waals surface area contributed by atoms with E-state index < -0.39 is 6.10 Å². The van der Waals surface area contributed by atoms with Crippen LogP contribution in [0.4, 0.5) is 4.79 Å². The number of aliphatic hydroxyl groups is 1. The van der Waals surface area contributed by atoms with Gasteiger partial charge in [-0.25, -0.2) is 4.79 Å². The average Bonchev–Trinajstić information content (AvgIpc) is 2.90. The summed E-state index contributed by atoms with van der Waals surface area (Å²) in [7, 11) is 0. The molecule has 1 aromatic carbocycles. The van der Waals surface area contributed by atoms with Gasteiger partial charge in [0.1, 0.15) is 0 Å². The molecule has 2 rings (SSSR count). The summed E-state index contributed by atoms with van der Waals surface area (Å²) in [6.07, 6.45) is 5.89. The molecule has 4 heteroatoms. The molecule has 0 radical (unpaired) electrons. The maximum absolute atomic E-state index is 11.6. The summed E-state index contributed by atoms with van der Waals surface area (Å²) < 4.78 is 0. The highest BCUT2D eigenvalue weighted by atomic mass is 16.3. The first kappa shape index (κ1) is 13.6. The minimum atomic E-state index is -0.560. The number of nitrogens with one attached hydrogen (secondary N) is 2. The predicted octanol–water partition coefficient (Wildman–Crippen LogP) is 1.61. The SMILES string of the molecule is O=C(NCC(O)Cc1ccccc1)NC1CC=CC1. The van der Waals surface area contributed by atoms with Crippen LogP contribution in [-0.4, -0.2) is 29.8 Å². The molecule has 19 heavy (non-hydrogen) atoms. The quantitative estimate of drug-likeness (QED) is 0.704. The van der Waals surface area contributed by atoms with E-state index in [4.69, 9.17) is 0 Å². The molecule has 0 saturated carbocycles. The Balaban J connectivity index is 1.65. The van der Waals surface area contributed by atoms with E-state index in [1.165, 1.54) is 0 Å². The van der Waals surface area contributed by atoms with Crippen LogP contribution in [-0.2, 0) is 6.42 Å². The third-order valence-corrected chi connectivity index (χ3v) is 3.16. The lowest BCUT2D eigenvalue weighted by atomic mass is 10.1. The third-order valence-electron chi connectivity index (χ3n) is 3.16. The zero-order chi connectivity index (χ0) is 13.5.